The van der Waals surface area contributed by atoms with Crippen LogP contribution in [0.4, 0.5) is 11.4 Å². The summed E-state index contributed by atoms with van der Waals surface area (Å²) in [7, 11) is -3.77. The van der Waals surface area contributed by atoms with Crippen molar-refractivity contribution in [1.82, 2.24) is 0 Å². The average molecular weight is 376 g/mol. The molecule has 0 aliphatic heterocycles. The van der Waals surface area contributed by atoms with E-state index in [-0.39, 0.29) is 9.92 Å². The Hall–Kier alpha value is -1.24. The standard InChI is InChI=1S/C13H12BrClN2O2S/c1-8-6-10(3-4-11(8)14)17-20(18,19)13-7-9(16)2-5-12(13)15/h2-7,17H,16H2,1H3. The van der Waals surface area contributed by atoms with Crippen LogP contribution in [-0.4, -0.2) is 8.42 Å². The van der Waals surface area contributed by atoms with Crippen molar-refractivity contribution in [2.45, 2.75) is 11.8 Å². The first-order chi connectivity index (χ1) is 9.29. The summed E-state index contributed by atoms with van der Waals surface area (Å²) in [5, 5.41) is 0.125. The smallest absolute Gasteiger partial charge is 0.263 e. The Bertz CT molecular complexity index is 763. The van der Waals surface area contributed by atoms with E-state index in [1.165, 1.54) is 12.1 Å². The molecule has 0 saturated carbocycles. The van der Waals surface area contributed by atoms with Crippen molar-refractivity contribution in [2.75, 3.05) is 10.5 Å². The molecule has 0 aliphatic carbocycles. The molecule has 0 atom stereocenters. The van der Waals surface area contributed by atoms with E-state index in [4.69, 9.17) is 17.3 Å². The van der Waals surface area contributed by atoms with E-state index >= 15 is 0 Å². The van der Waals surface area contributed by atoms with Crippen LogP contribution in [0.15, 0.2) is 45.8 Å². The summed E-state index contributed by atoms with van der Waals surface area (Å²) in [5.41, 5.74) is 7.32. The zero-order valence-electron chi connectivity index (χ0n) is 10.5. The fourth-order valence-electron chi connectivity index (χ4n) is 1.64. The van der Waals surface area contributed by atoms with Crippen LogP contribution in [0.25, 0.3) is 0 Å². The number of anilines is 2. The highest BCUT2D eigenvalue weighted by atomic mass is 79.9. The fourth-order valence-corrected chi connectivity index (χ4v) is 3.48. The third-order valence-electron chi connectivity index (χ3n) is 2.65. The number of nitrogens with one attached hydrogen (secondary N) is 1. The van der Waals surface area contributed by atoms with Gasteiger partial charge in [-0.05, 0) is 48.9 Å². The second-order valence-corrected chi connectivity index (χ2v) is 7.17. The SMILES string of the molecule is Cc1cc(NS(=O)(=O)c2cc(N)ccc2Cl)ccc1Br. The van der Waals surface area contributed by atoms with Gasteiger partial charge in [0.15, 0.2) is 0 Å². The van der Waals surface area contributed by atoms with Crippen LogP contribution < -0.4 is 10.5 Å². The zero-order valence-corrected chi connectivity index (χ0v) is 13.7. The third kappa shape index (κ3) is 3.26. The topological polar surface area (TPSA) is 72.2 Å². The van der Waals surface area contributed by atoms with E-state index in [1.807, 2.05) is 6.92 Å². The normalized spacial score (nSPS) is 11.3. The number of nitrogen functional groups attached to an aromatic ring is 1. The van der Waals surface area contributed by atoms with Gasteiger partial charge in [0.2, 0.25) is 0 Å². The van der Waals surface area contributed by atoms with Gasteiger partial charge in [0.25, 0.3) is 10.0 Å². The molecule has 0 heterocycles. The van der Waals surface area contributed by atoms with Gasteiger partial charge in [0, 0.05) is 15.8 Å². The molecule has 4 nitrogen and oxygen atoms in total. The highest BCUT2D eigenvalue weighted by Crippen LogP contribution is 2.27. The number of sulfonamides is 1. The molecule has 0 aromatic heterocycles. The van der Waals surface area contributed by atoms with Crippen molar-refractivity contribution in [2.24, 2.45) is 0 Å². The first-order valence-corrected chi connectivity index (χ1v) is 8.29. The third-order valence-corrected chi connectivity index (χ3v) is 5.41. The molecular weight excluding hydrogens is 364 g/mol. The molecule has 0 bridgehead atoms. The predicted molar refractivity (Wildman–Crippen MR) is 85.6 cm³/mol. The van der Waals surface area contributed by atoms with E-state index in [0.717, 1.165) is 10.0 Å². The van der Waals surface area contributed by atoms with Crippen molar-refractivity contribution < 1.29 is 8.42 Å². The molecule has 0 unspecified atom stereocenters. The number of rotatable bonds is 3. The molecule has 0 aliphatic rings. The monoisotopic (exact) mass is 374 g/mol. The highest BCUT2D eigenvalue weighted by molar-refractivity contribution is 9.10. The Morgan fingerprint density at radius 2 is 1.90 bits per heavy atom. The lowest BCUT2D eigenvalue weighted by molar-refractivity contribution is 0.601. The number of halogens is 2. The molecule has 0 spiro atoms. The van der Waals surface area contributed by atoms with Crippen molar-refractivity contribution in [3.05, 3.63) is 51.5 Å². The van der Waals surface area contributed by atoms with Gasteiger partial charge in [-0.3, -0.25) is 4.72 Å². The average Bonchev–Trinajstić information content (AvgIpc) is 2.36. The summed E-state index contributed by atoms with van der Waals surface area (Å²) < 4.78 is 28.0. The Morgan fingerprint density at radius 3 is 2.55 bits per heavy atom. The quantitative estimate of drug-likeness (QED) is 0.802. The van der Waals surface area contributed by atoms with Crippen molar-refractivity contribution in [1.29, 1.82) is 0 Å². The summed E-state index contributed by atoms with van der Waals surface area (Å²) in [6, 6.07) is 9.49. The lowest BCUT2D eigenvalue weighted by Gasteiger charge is -2.11. The minimum absolute atomic E-state index is 0.0419. The minimum atomic E-state index is -3.77. The largest absolute Gasteiger partial charge is 0.399 e. The molecule has 2 aromatic carbocycles. The molecule has 0 amide bonds. The molecule has 106 valence electrons. The van der Waals surface area contributed by atoms with E-state index in [0.29, 0.717) is 11.4 Å². The number of hydrogen-bond acceptors (Lipinski definition) is 3. The molecular formula is C13H12BrClN2O2S. The van der Waals surface area contributed by atoms with Gasteiger partial charge in [-0.2, -0.15) is 0 Å². The zero-order chi connectivity index (χ0) is 14.9. The van der Waals surface area contributed by atoms with Crippen molar-refractivity contribution in [3.63, 3.8) is 0 Å². The number of benzene rings is 2. The number of hydrogen-bond donors (Lipinski definition) is 2. The van der Waals surface area contributed by atoms with Gasteiger partial charge in [-0.15, -0.1) is 0 Å². The van der Waals surface area contributed by atoms with Gasteiger partial charge in [0.1, 0.15) is 4.90 Å². The summed E-state index contributed by atoms with van der Waals surface area (Å²) >= 11 is 9.28. The van der Waals surface area contributed by atoms with Crippen LogP contribution in [0.1, 0.15) is 5.56 Å². The Labute approximate surface area is 131 Å². The van der Waals surface area contributed by atoms with E-state index < -0.39 is 10.0 Å². The predicted octanol–water partition coefficient (Wildman–Crippen LogP) is 3.79. The van der Waals surface area contributed by atoms with E-state index in [2.05, 4.69) is 20.7 Å². The van der Waals surface area contributed by atoms with Gasteiger partial charge >= 0.3 is 0 Å². The van der Waals surface area contributed by atoms with Gasteiger partial charge in [-0.25, -0.2) is 8.42 Å². The Balaban J connectivity index is 2.40. The first kappa shape index (κ1) is 15.2. The van der Waals surface area contributed by atoms with Gasteiger partial charge < -0.3 is 5.73 Å². The lowest BCUT2D eigenvalue weighted by Crippen LogP contribution is -2.14. The maximum atomic E-state index is 12.3. The first-order valence-electron chi connectivity index (χ1n) is 5.63. The molecule has 20 heavy (non-hydrogen) atoms. The van der Waals surface area contributed by atoms with Crippen LogP contribution in [-0.2, 0) is 10.0 Å². The van der Waals surface area contributed by atoms with E-state index in [1.54, 1.807) is 24.3 Å². The van der Waals surface area contributed by atoms with Crippen LogP contribution in [0.2, 0.25) is 5.02 Å². The maximum absolute atomic E-state index is 12.3. The second kappa shape index (κ2) is 5.63. The van der Waals surface area contributed by atoms with Gasteiger partial charge in [0.05, 0.1) is 5.02 Å². The summed E-state index contributed by atoms with van der Waals surface area (Å²) in [6.07, 6.45) is 0. The molecule has 0 radical (unpaired) electrons. The summed E-state index contributed by atoms with van der Waals surface area (Å²) in [6.45, 7) is 1.87. The van der Waals surface area contributed by atoms with E-state index in [9.17, 15) is 8.42 Å². The number of nitrogens with two attached hydrogens (primary N) is 1. The highest BCUT2D eigenvalue weighted by Gasteiger charge is 2.18. The molecule has 0 saturated heterocycles. The lowest BCUT2D eigenvalue weighted by atomic mass is 10.2. The van der Waals surface area contributed by atoms with Gasteiger partial charge in [-0.1, -0.05) is 27.5 Å². The van der Waals surface area contributed by atoms with Crippen LogP contribution >= 0.6 is 27.5 Å². The summed E-state index contributed by atoms with van der Waals surface area (Å²) in [4.78, 5) is -0.0419. The van der Waals surface area contributed by atoms with Crippen LogP contribution in [0, 0.1) is 6.92 Å². The van der Waals surface area contributed by atoms with Crippen molar-refractivity contribution >= 4 is 48.9 Å². The second-order valence-electron chi connectivity index (χ2n) is 4.26. The molecule has 3 N–H and O–H groups in total. The molecule has 7 heteroatoms. The Kier molecular flexibility index (Phi) is 4.27. The Morgan fingerprint density at radius 1 is 1.20 bits per heavy atom. The summed E-state index contributed by atoms with van der Waals surface area (Å²) in [5.74, 6) is 0. The molecule has 2 aromatic rings. The molecule has 0 fully saturated rings. The molecule has 2 rings (SSSR count). The maximum Gasteiger partial charge on any atom is 0.263 e. The van der Waals surface area contributed by atoms with Crippen LogP contribution in [0.5, 0.6) is 0 Å². The fraction of sp³-hybridized carbons (Fsp3) is 0.0769. The number of aryl methyl sites for hydroxylation is 1. The minimum Gasteiger partial charge on any atom is -0.399 e. The van der Waals surface area contributed by atoms with Crippen molar-refractivity contribution in [3.8, 4) is 0 Å². The van der Waals surface area contributed by atoms with Crippen LogP contribution in [0.3, 0.4) is 0 Å².